The molecule has 1 N–H and O–H groups in total. The van der Waals surface area contributed by atoms with Crippen molar-refractivity contribution < 1.29 is 27.5 Å². The zero-order valence-corrected chi connectivity index (χ0v) is 16.1. The zero-order chi connectivity index (χ0) is 18.9. The van der Waals surface area contributed by atoms with E-state index < -0.39 is 21.6 Å². The second-order valence-electron chi connectivity index (χ2n) is 7.03. The third-order valence-electron chi connectivity index (χ3n) is 5.45. The number of ether oxygens (including phenoxy) is 2. The van der Waals surface area contributed by atoms with Crippen molar-refractivity contribution in [3.8, 4) is 0 Å². The molecule has 0 radical (unpaired) electrons. The molecule has 26 heavy (non-hydrogen) atoms. The average Bonchev–Trinajstić information content (AvgIpc) is 3.21. The van der Waals surface area contributed by atoms with E-state index in [0.29, 0.717) is 24.3 Å². The van der Waals surface area contributed by atoms with Crippen LogP contribution in [0.5, 0.6) is 0 Å². The minimum absolute atomic E-state index is 0.00498. The van der Waals surface area contributed by atoms with Gasteiger partial charge in [0.2, 0.25) is 10.0 Å². The van der Waals surface area contributed by atoms with Crippen LogP contribution in [0.2, 0.25) is 0 Å². The number of carbonyl (C=O) groups excluding carboxylic acids is 2. The van der Waals surface area contributed by atoms with E-state index >= 15 is 0 Å². The zero-order valence-electron chi connectivity index (χ0n) is 15.2. The molecular formula is C17H26N2O6S. The van der Waals surface area contributed by atoms with Crippen LogP contribution < -0.4 is 5.32 Å². The van der Waals surface area contributed by atoms with Crippen molar-refractivity contribution in [2.24, 2.45) is 0 Å². The molecular weight excluding hydrogens is 360 g/mol. The minimum Gasteiger partial charge on any atom is -0.450 e. The van der Waals surface area contributed by atoms with Crippen molar-refractivity contribution >= 4 is 21.9 Å². The number of nitrogens with zero attached hydrogens (tertiary/aromatic N) is 1. The Labute approximate surface area is 153 Å². The van der Waals surface area contributed by atoms with Gasteiger partial charge in [0.1, 0.15) is 5.60 Å². The highest BCUT2D eigenvalue weighted by Gasteiger charge is 2.51. The summed E-state index contributed by atoms with van der Waals surface area (Å²) >= 11 is 0. The van der Waals surface area contributed by atoms with Gasteiger partial charge in [-0.25, -0.2) is 17.5 Å². The van der Waals surface area contributed by atoms with Crippen LogP contribution in [-0.2, 0) is 29.1 Å². The quantitative estimate of drug-likeness (QED) is 0.684. The largest absolute Gasteiger partial charge is 0.450 e. The fourth-order valence-corrected chi connectivity index (χ4v) is 4.99. The Kier molecular flexibility index (Phi) is 5.41. The molecule has 2 saturated heterocycles. The molecule has 1 amide bonds. The summed E-state index contributed by atoms with van der Waals surface area (Å²) in [5, 5.41) is 2.86. The number of carbonyl (C=O) groups is 2. The summed E-state index contributed by atoms with van der Waals surface area (Å²) in [5.74, 6) is -0.793. The lowest BCUT2D eigenvalue weighted by Gasteiger charge is -2.38. The fraction of sp³-hybridized carbons (Fsp3) is 0.765. The van der Waals surface area contributed by atoms with E-state index in [4.69, 9.17) is 9.47 Å². The topological polar surface area (TPSA) is 102 Å². The molecule has 0 saturated carbocycles. The Morgan fingerprint density at radius 1 is 1.35 bits per heavy atom. The monoisotopic (exact) mass is 386 g/mol. The van der Waals surface area contributed by atoms with Crippen molar-refractivity contribution in [1.82, 2.24) is 9.62 Å². The number of hydrogen-bond donors (Lipinski definition) is 1. The van der Waals surface area contributed by atoms with Gasteiger partial charge in [-0.05, 0) is 26.7 Å². The molecule has 3 aliphatic heterocycles. The summed E-state index contributed by atoms with van der Waals surface area (Å²) in [6.45, 7) is 4.76. The molecule has 9 heteroatoms. The molecule has 146 valence electrons. The number of nitrogens with one attached hydrogen (secondary N) is 1. The first kappa shape index (κ1) is 19.3. The van der Waals surface area contributed by atoms with E-state index in [2.05, 4.69) is 5.32 Å². The van der Waals surface area contributed by atoms with Crippen molar-refractivity contribution in [1.29, 1.82) is 0 Å². The van der Waals surface area contributed by atoms with Crippen LogP contribution >= 0.6 is 0 Å². The van der Waals surface area contributed by atoms with E-state index in [-0.39, 0.29) is 43.7 Å². The lowest BCUT2D eigenvalue weighted by Crippen LogP contribution is -2.50. The van der Waals surface area contributed by atoms with Crippen LogP contribution in [0.15, 0.2) is 11.1 Å². The molecule has 8 nitrogen and oxygen atoms in total. The number of amides is 1. The summed E-state index contributed by atoms with van der Waals surface area (Å²) in [6, 6.07) is 0. The first-order valence-electron chi connectivity index (χ1n) is 9.11. The number of piperidine rings is 1. The van der Waals surface area contributed by atoms with E-state index in [0.717, 1.165) is 12.8 Å². The Morgan fingerprint density at radius 3 is 2.62 bits per heavy atom. The van der Waals surface area contributed by atoms with Crippen LogP contribution in [0.4, 0.5) is 0 Å². The number of esters is 1. The van der Waals surface area contributed by atoms with E-state index in [1.807, 2.05) is 0 Å². The van der Waals surface area contributed by atoms with Crippen LogP contribution in [0.3, 0.4) is 0 Å². The highest BCUT2D eigenvalue weighted by molar-refractivity contribution is 7.89. The number of sulfonamides is 1. The van der Waals surface area contributed by atoms with Gasteiger partial charge in [0.05, 0.1) is 17.4 Å². The molecule has 3 aliphatic rings. The van der Waals surface area contributed by atoms with E-state index in [1.54, 1.807) is 13.8 Å². The predicted octanol–water partition coefficient (Wildman–Crippen LogP) is 0.339. The van der Waals surface area contributed by atoms with Crippen LogP contribution in [0.1, 0.15) is 39.5 Å². The highest BCUT2D eigenvalue weighted by atomic mass is 32.2. The second kappa shape index (κ2) is 7.28. The smallest absolute Gasteiger partial charge is 0.335 e. The SMILES string of the molecule is CCS(=O)(=O)N1CCC2(CC1)OC(=O)C(C)=C2C(=O)NCC1CCCO1. The Hall–Kier alpha value is -1.45. The summed E-state index contributed by atoms with van der Waals surface area (Å²) in [5.41, 5.74) is -0.377. The predicted molar refractivity (Wildman–Crippen MR) is 93.8 cm³/mol. The summed E-state index contributed by atoms with van der Waals surface area (Å²) in [7, 11) is -3.29. The molecule has 1 atom stereocenters. The van der Waals surface area contributed by atoms with Crippen LogP contribution in [-0.4, -0.2) is 68.3 Å². The molecule has 1 spiro atoms. The van der Waals surface area contributed by atoms with Crippen molar-refractivity contribution in [2.75, 3.05) is 32.0 Å². The molecule has 0 aromatic carbocycles. The van der Waals surface area contributed by atoms with Gasteiger partial charge in [0.15, 0.2) is 0 Å². The molecule has 0 aromatic heterocycles. The number of rotatable bonds is 5. The molecule has 0 aromatic rings. The van der Waals surface area contributed by atoms with Crippen LogP contribution in [0.25, 0.3) is 0 Å². The van der Waals surface area contributed by atoms with Gasteiger partial charge in [-0.15, -0.1) is 0 Å². The second-order valence-corrected chi connectivity index (χ2v) is 9.29. The maximum Gasteiger partial charge on any atom is 0.335 e. The standard InChI is InChI=1S/C17H26N2O6S/c1-3-26(22,23)19-8-6-17(7-9-19)14(12(2)16(21)25-17)15(20)18-11-13-5-4-10-24-13/h13H,3-11H2,1-2H3,(H,18,20). The van der Waals surface area contributed by atoms with Crippen molar-refractivity contribution in [3.05, 3.63) is 11.1 Å². The van der Waals surface area contributed by atoms with Gasteiger partial charge >= 0.3 is 5.97 Å². The molecule has 0 bridgehead atoms. The lowest BCUT2D eigenvalue weighted by atomic mass is 9.83. The van der Waals surface area contributed by atoms with Gasteiger partial charge in [0.25, 0.3) is 5.91 Å². The summed E-state index contributed by atoms with van der Waals surface area (Å²) < 4.78 is 36.6. The first-order chi connectivity index (χ1) is 12.3. The Balaban J connectivity index is 1.72. The van der Waals surface area contributed by atoms with E-state index in [1.165, 1.54) is 4.31 Å². The maximum atomic E-state index is 12.8. The van der Waals surface area contributed by atoms with Crippen molar-refractivity contribution in [2.45, 2.75) is 51.2 Å². The van der Waals surface area contributed by atoms with E-state index in [9.17, 15) is 18.0 Å². The average molecular weight is 386 g/mol. The van der Waals surface area contributed by atoms with Gasteiger partial charge < -0.3 is 14.8 Å². The normalized spacial score (nSPS) is 26.4. The van der Waals surface area contributed by atoms with Gasteiger partial charge in [0, 0.05) is 44.7 Å². The Bertz CT molecular complexity index is 716. The first-order valence-corrected chi connectivity index (χ1v) is 10.7. The summed E-state index contributed by atoms with van der Waals surface area (Å²) in [6.07, 6.45) is 2.47. The van der Waals surface area contributed by atoms with Crippen molar-refractivity contribution in [3.63, 3.8) is 0 Å². The number of hydrogen-bond acceptors (Lipinski definition) is 6. The lowest BCUT2D eigenvalue weighted by molar-refractivity contribution is -0.150. The van der Waals surface area contributed by atoms with Crippen LogP contribution in [0, 0.1) is 0 Å². The third-order valence-corrected chi connectivity index (χ3v) is 7.34. The molecule has 3 rings (SSSR count). The molecule has 0 aliphatic carbocycles. The minimum atomic E-state index is -3.29. The highest BCUT2D eigenvalue weighted by Crippen LogP contribution is 2.41. The van der Waals surface area contributed by atoms with Gasteiger partial charge in [-0.3, -0.25) is 4.79 Å². The Morgan fingerprint density at radius 2 is 2.04 bits per heavy atom. The maximum absolute atomic E-state index is 12.8. The molecule has 2 fully saturated rings. The third kappa shape index (κ3) is 3.52. The van der Waals surface area contributed by atoms with Gasteiger partial charge in [-0.2, -0.15) is 0 Å². The fourth-order valence-electron chi connectivity index (χ4n) is 3.89. The molecule has 1 unspecified atom stereocenters. The summed E-state index contributed by atoms with van der Waals surface area (Å²) in [4.78, 5) is 24.9. The molecule has 3 heterocycles. The van der Waals surface area contributed by atoms with Gasteiger partial charge in [-0.1, -0.05) is 0 Å².